The number of amides is 1. The lowest BCUT2D eigenvalue weighted by atomic mass is 9.93. The van der Waals surface area contributed by atoms with Crippen LogP contribution in [0, 0.1) is 5.92 Å². The third-order valence-electron chi connectivity index (χ3n) is 5.73. The summed E-state index contributed by atoms with van der Waals surface area (Å²) in [5.74, 6) is 0.203. The monoisotopic (exact) mass is 330 g/mol. The number of rotatable bonds is 4. The van der Waals surface area contributed by atoms with Crippen LogP contribution in [0.2, 0.25) is 0 Å². The standard InChI is InChI=1S/C20H30N2O2/c21-18-12-6-2-5-11-17(18)20(24)22-13-7-10-16(22)14-19(23)15-8-3-1-4-9-15/h1,3-4,8-9,16-19,23H,2,5-7,10-14,21H2. The van der Waals surface area contributed by atoms with Crippen molar-refractivity contribution in [2.75, 3.05) is 6.54 Å². The lowest BCUT2D eigenvalue weighted by molar-refractivity contribution is -0.137. The van der Waals surface area contributed by atoms with E-state index in [1.54, 1.807) is 0 Å². The second-order valence-electron chi connectivity index (χ2n) is 7.40. The summed E-state index contributed by atoms with van der Waals surface area (Å²) < 4.78 is 0. The molecule has 3 N–H and O–H groups in total. The second kappa shape index (κ2) is 8.13. The number of aliphatic hydroxyl groups is 1. The van der Waals surface area contributed by atoms with E-state index >= 15 is 0 Å². The molecule has 4 heteroatoms. The molecule has 0 radical (unpaired) electrons. The van der Waals surface area contributed by atoms with Crippen LogP contribution < -0.4 is 5.73 Å². The number of benzene rings is 1. The molecule has 2 fully saturated rings. The lowest BCUT2D eigenvalue weighted by Gasteiger charge is -2.32. The van der Waals surface area contributed by atoms with E-state index in [1.807, 2.05) is 35.2 Å². The van der Waals surface area contributed by atoms with Crippen molar-refractivity contribution >= 4 is 5.91 Å². The van der Waals surface area contributed by atoms with Crippen LogP contribution in [0.3, 0.4) is 0 Å². The molecule has 4 atom stereocenters. The Morgan fingerprint density at radius 2 is 1.88 bits per heavy atom. The normalized spacial score (nSPS) is 29.2. The fraction of sp³-hybridized carbons (Fsp3) is 0.650. The van der Waals surface area contributed by atoms with Gasteiger partial charge in [-0.2, -0.15) is 0 Å². The van der Waals surface area contributed by atoms with Gasteiger partial charge in [0.2, 0.25) is 5.91 Å². The van der Waals surface area contributed by atoms with Crippen molar-refractivity contribution in [1.82, 2.24) is 4.90 Å². The average Bonchev–Trinajstić information content (AvgIpc) is 2.95. The minimum absolute atomic E-state index is 0.000275. The molecule has 0 spiro atoms. The molecule has 2 aliphatic rings. The molecular formula is C20H30N2O2. The quantitative estimate of drug-likeness (QED) is 0.834. The van der Waals surface area contributed by atoms with Gasteiger partial charge in [-0.1, -0.05) is 49.6 Å². The zero-order chi connectivity index (χ0) is 16.9. The van der Waals surface area contributed by atoms with Crippen LogP contribution in [0.5, 0.6) is 0 Å². The highest BCUT2D eigenvalue weighted by Gasteiger charge is 2.36. The van der Waals surface area contributed by atoms with Crippen molar-refractivity contribution in [3.05, 3.63) is 35.9 Å². The molecule has 1 amide bonds. The van der Waals surface area contributed by atoms with Crippen molar-refractivity contribution < 1.29 is 9.90 Å². The van der Waals surface area contributed by atoms with Gasteiger partial charge in [-0.15, -0.1) is 0 Å². The van der Waals surface area contributed by atoms with E-state index in [4.69, 9.17) is 5.73 Å². The van der Waals surface area contributed by atoms with E-state index in [2.05, 4.69) is 0 Å². The number of aliphatic hydroxyl groups excluding tert-OH is 1. The fourth-order valence-electron chi connectivity index (χ4n) is 4.30. The number of hydrogen-bond acceptors (Lipinski definition) is 3. The molecule has 3 rings (SSSR count). The minimum atomic E-state index is -0.507. The molecule has 1 aliphatic heterocycles. The van der Waals surface area contributed by atoms with Crippen LogP contribution in [0.1, 0.15) is 63.0 Å². The van der Waals surface area contributed by atoms with Crippen molar-refractivity contribution in [2.45, 2.75) is 69.6 Å². The molecule has 1 aliphatic carbocycles. The van der Waals surface area contributed by atoms with Crippen LogP contribution in [0.25, 0.3) is 0 Å². The molecular weight excluding hydrogens is 300 g/mol. The van der Waals surface area contributed by atoms with Crippen molar-refractivity contribution in [1.29, 1.82) is 0 Å². The highest BCUT2D eigenvalue weighted by atomic mass is 16.3. The predicted octanol–water partition coefficient (Wildman–Crippen LogP) is 3.01. The number of hydrogen-bond donors (Lipinski definition) is 2. The van der Waals surface area contributed by atoms with Gasteiger partial charge < -0.3 is 15.7 Å². The third-order valence-corrected chi connectivity index (χ3v) is 5.73. The molecule has 1 aromatic carbocycles. The van der Waals surface area contributed by atoms with Crippen LogP contribution >= 0.6 is 0 Å². The van der Waals surface area contributed by atoms with Gasteiger partial charge in [0.25, 0.3) is 0 Å². The van der Waals surface area contributed by atoms with Gasteiger partial charge in [-0.25, -0.2) is 0 Å². The Labute approximate surface area is 145 Å². The van der Waals surface area contributed by atoms with E-state index in [0.29, 0.717) is 6.42 Å². The molecule has 4 nitrogen and oxygen atoms in total. The van der Waals surface area contributed by atoms with Gasteiger partial charge in [-0.3, -0.25) is 4.79 Å². The van der Waals surface area contributed by atoms with E-state index in [-0.39, 0.29) is 23.9 Å². The number of carbonyl (C=O) groups excluding carboxylic acids is 1. The summed E-state index contributed by atoms with van der Waals surface area (Å²) >= 11 is 0. The van der Waals surface area contributed by atoms with Gasteiger partial charge in [0, 0.05) is 18.6 Å². The zero-order valence-corrected chi connectivity index (χ0v) is 14.4. The van der Waals surface area contributed by atoms with E-state index in [9.17, 15) is 9.90 Å². The van der Waals surface area contributed by atoms with Crippen LogP contribution in [0.15, 0.2) is 30.3 Å². The summed E-state index contributed by atoms with van der Waals surface area (Å²) in [6.45, 7) is 0.814. The van der Waals surface area contributed by atoms with Crippen LogP contribution in [-0.2, 0) is 4.79 Å². The molecule has 1 heterocycles. The Morgan fingerprint density at radius 3 is 2.67 bits per heavy atom. The van der Waals surface area contributed by atoms with Gasteiger partial charge in [-0.05, 0) is 37.7 Å². The van der Waals surface area contributed by atoms with Gasteiger partial charge in [0.1, 0.15) is 0 Å². The Kier molecular flexibility index (Phi) is 5.90. The second-order valence-corrected chi connectivity index (χ2v) is 7.40. The summed E-state index contributed by atoms with van der Waals surface area (Å²) in [6, 6.07) is 9.89. The fourth-order valence-corrected chi connectivity index (χ4v) is 4.30. The van der Waals surface area contributed by atoms with Gasteiger partial charge >= 0.3 is 0 Å². The summed E-state index contributed by atoms with van der Waals surface area (Å²) in [7, 11) is 0. The maximum absolute atomic E-state index is 13.1. The molecule has 1 aromatic rings. The first kappa shape index (κ1) is 17.4. The zero-order valence-electron chi connectivity index (χ0n) is 14.4. The average molecular weight is 330 g/mol. The van der Waals surface area contributed by atoms with E-state index in [1.165, 1.54) is 6.42 Å². The van der Waals surface area contributed by atoms with Crippen molar-refractivity contribution in [3.8, 4) is 0 Å². The smallest absolute Gasteiger partial charge is 0.227 e. The lowest BCUT2D eigenvalue weighted by Crippen LogP contribution is -2.46. The summed E-state index contributed by atoms with van der Waals surface area (Å²) in [5.41, 5.74) is 7.22. The molecule has 24 heavy (non-hydrogen) atoms. The summed E-state index contributed by atoms with van der Waals surface area (Å²) in [5, 5.41) is 10.5. The molecule has 0 bridgehead atoms. The SMILES string of the molecule is NC1CCCCCC1C(=O)N1CCCC1CC(O)c1ccccc1. The first-order chi connectivity index (χ1) is 11.7. The van der Waals surface area contributed by atoms with E-state index < -0.39 is 6.10 Å². The minimum Gasteiger partial charge on any atom is -0.388 e. The maximum Gasteiger partial charge on any atom is 0.227 e. The number of nitrogens with two attached hydrogens (primary N) is 1. The Morgan fingerprint density at radius 1 is 1.12 bits per heavy atom. The maximum atomic E-state index is 13.1. The first-order valence-corrected chi connectivity index (χ1v) is 9.46. The van der Waals surface area contributed by atoms with Crippen molar-refractivity contribution in [2.24, 2.45) is 11.7 Å². The Bertz CT molecular complexity index is 534. The third kappa shape index (κ3) is 3.98. The molecule has 132 valence electrons. The summed E-state index contributed by atoms with van der Waals surface area (Å²) in [6.07, 6.45) is 7.44. The van der Waals surface area contributed by atoms with Gasteiger partial charge in [0.05, 0.1) is 12.0 Å². The summed E-state index contributed by atoms with van der Waals surface area (Å²) in [4.78, 5) is 15.1. The Balaban J connectivity index is 1.65. The highest BCUT2D eigenvalue weighted by molar-refractivity contribution is 5.80. The van der Waals surface area contributed by atoms with Gasteiger partial charge in [0.15, 0.2) is 0 Å². The molecule has 1 saturated carbocycles. The largest absolute Gasteiger partial charge is 0.388 e. The van der Waals surface area contributed by atoms with Crippen LogP contribution in [-0.4, -0.2) is 34.5 Å². The Hall–Kier alpha value is -1.39. The molecule has 1 saturated heterocycles. The molecule has 0 aromatic heterocycles. The van der Waals surface area contributed by atoms with Crippen molar-refractivity contribution in [3.63, 3.8) is 0 Å². The number of nitrogens with zero attached hydrogens (tertiary/aromatic N) is 1. The number of carbonyl (C=O) groups is 1. The van der Waals surface area contributed by atoms with Crippen LogP contribution in [0.4, 0.5) is 0 Å². The van der Waals surface area contributed by atoms with E-state index in [0.717, 1.165) is 50.6 Å². The topological polar surface area (TPSA) is 66.6 Å². The number of likely N-dealkylation sites (tertiary alicyclic amines) is 1. The molecule has 4 unspecified atom stereocenters. The highest BCUT2D eigenvalue weighted by Crippen LogP contribution is 2.31. The predicted molar refractivity (Wildman–Crippen MR) is 95.3 cm³/mol. The first-order valence-electron chi connectivity index (χ1n) is 9.46.